The lowest BCUT2D eigenvalue weighted by Crippen LogP contribution is -2.12. The Bertz CT molecular complexity index is 1130. The lowest BCUT2D eigenvalue weighted by molar-refractivity contribution is -0.141. The number of nitrogens with two attached hydrogens (primary N) is 1. The van der Waals surface area contributed by atoms with Gasteiger partial charge < -0.3 is 10.1 Å². The van der Waals surface area contributed by atoms with Crippen molar-refractivity contribution in [1.82, 2.24) is 15.0 Å². The van der Waals surface area contributed by atoms with Crippen LogP contribution in [0.15, 0.2) is 54.6 Å². The number of pyridine rings is 1. The van der Waals surface area contributed by atoms with Crippen molar-refractivity contribution in [3.8, 4) is 11.3 Å². The summed E-state index contributed by atoms with van der Waals surface area (Å²) in [5.41, 5.74) is 3.15. The Balaban J connectivity index is 0.000000360. The smallest absolute Gasteiger partial charge is 0.316 e. The lowest BCUT2D eigenvalue weighted by atomic mass is 10.0. The number of carbonyl (C=O) groups excluding carboxylic acids is 1. The van der Waals surface area contributed by atoms with E-state index in [1.54, 1.807) is 32.2 Å². The molecule has 0 aliphatic rings. The summed E-state index contributed by atoms with van der Waals surface area (Å²) in [6, 6.07) is 14.6. The summed E-state index contributed by atoms with van der Waals surface area (Å²) in [6.45, 7) is 8.46. The molecule has 0 saturated heterocycles. The van der Waals surface area contributed by atoms with Gasteiger partial charge in [0.2, 0.25) is 0 Å². The van der Waals surface area contributed by atoms with Gasteiger partial charge in [-0.15, -0.1) is 0 Å². The molecule has 1 atom stereocenters. The number of carbonyl (C=O) groups is 1. The Kier molecular flexibility index (Phi) is 14.1. The van der Waals surface area contributed by atoms with Gasteiger partial charge in [0.25, 0.3) is 0 Å². The molecule has 3 rings (SSSR count). The predicted octanol–water partition coefficient (Wildman–Crippen LogP) is 6.56. The van der Waals surface area contributed by atoms with Crippen LogP contribution >= 0.6 is 12.1 Å². The zero-order valence-corrected chi connectivity index (χ0v) is 22.4. The third kappa shape index (κ3) is 10.2. The highest BCUT2D eigenvalue weighted by Gasteiger charge is 2.33. The maximum Gasteiger partial charge on any atom is 0.433 e. The second kappa shape index (κ2) is 16.1. The highest BCUT2D eigenvalue weighted by atomic mass is 32.2. The summed E-state index contributed by atoms with van der Waals surface area (Å²) in [4.78, 5) is 14.3. The summed E-state index contributed by atoms with van der Waals surface area (Å²) in [6.07, 6.45) is -3.64. The van der Waals surface area contributed by atoms with Crippen molar-refractivity contribution in [3.05, 3.63) is 88.4 Å². The molecule has 2 aromatic carbocycles. The average Bonchev–Trinajstić information content (AvgIpc) is 2.89. The minimum atomic E-state index is -4.43. The summed E-state index contributed by atoms with van der Waals surface area (Å²) in [5, 5.41) is 8.11. The van der Waals surface area contributed by atoms with Gasteiger partial charge in [0.05, 0.1) is 5.69 Å². The van der Waals surface area contributed by atoms with Crippen molar-refractivity contribution in [2.24, 2.45) is 5.14 Å². The van der Waals surface area contributed by atoms with Gasteiger partial charge in [-0.2, -0.15) is 13.2 Å². The topological polar surface area (TPSA) is 80.0 Å². The first-order valence-corrected chi connectivity index (χ1v) is 12.6. The fraction of sp³-hybridized carbons (Fsp3) is 0.333. The van der Waals surface area contributed by atoms with Crippen LogP contribution in [0.3, 0.4) is 0 Å². The third-order valence-corrected chi connectivity index (χ3v) is 5.39. The number of benzene rings is 2. The van der Waals surface area contributed by atoms with Crippen LogP contribution in [0, 0.1) is 12.7 Å². The first-order chi connectivity index (χ1) is 17.6. The fourth-order valence-electron chi connectivity index (χ4n) is 3.21. The fourth-order valence-corrected chi connectivity index (χ4v) is 3.45. The standard InChI is InChI=1S/C15H15F3N2.C10H13FN2OS.C2H6/c1-10-4-3-5-11(8-10)14-12(9-19-2)6-7-13(20-14)15(16,17)18;1-7(6-14)8-2-3-9(5-13-15-12)10(11)4-8;1-2/h3-8,19H,9H2,1-2H3;2-4,6-7,13H,5,12H2,1H3;1-2H3. The van der Waals surface area contributed by atoms with Gasteiger partial charge in [0.15, 0.2) is 0 Å². The number of hydrogen-bond donors (Lipinski definition) is 3. The van der Waals surface area contributed by atoms with Crippen LogP contribution in [0.2, 0.25) is 0 Å². The Hall–Kier alpha value is -2.79. The average molecular weight is 539 g/mol. The molecule has 1 aromatic heterocycles. The van der Waals surface area contributed by atoms with Gasteiger partial charge in [-0.25, -0.2) is 14.1 Å². The molecular formula is C27H34F4N4OS. The molecule has 37 heavy (non-hydrogen) atoms. The van der Waals surface area contributed by atoms with Crippen molar-refractivity contribution in [1.29, 1.82) is 0 Å². The van der Waals surface area contributed by atoms with Crippen LogP contribution in [0.5, 0.6) is 0 Å². The molecule has 1 heterocycles. The molecule has 0 aliphatic carbocycles. The summed E-state index contributed by atoms with van der Waals surface area (Å²) >= 11 is 0.947. The number of nitrogens with zero attached hydrogens (tertiary/aromatic N) is 1. The molecule has 0 saturated carbocycles. The highest BCUT2D eigenvalue weighted by molar-refractivity contribution is 7.95. The minimum Gasteiger partial charge on any atom is -0.316 e. The summed E-state index contributed by atoms with van der Waals surface area (Å²) in [5.74, 6) is -0.590. The van der Waals surface area contributed by atoms with Gasteiger partial charge in [-0.05, 0) is 43.3 Å². The van der Waals surface area contributed by atoms with Gasteiger partial charge in [-0.1, -0.05) is 62.7 Å². The van der Waals surface area contributed by atoms with Crippen LogP contribution in [0.25, 0.3) is 11.3 Å². The number of alkyl halides is 3. The SMILES string of the molecule is CC.CC(C=O)c1ccc(CNSN)c(F)c1.CNCc1ccc(C(F)(F)F)nc1-c1cccc(C)c1. The third-order valence-electron chi connectivity index (χ3n) is 5.08. The van der Waals surface area contributed by atoms with Crippen molar-refractivity contribution in [2.75, 3.05) is 7.05 Å². The number of aldehydes is 1. The Morgan fingerprint density at radius 2 is 1.73 bits per heavy atom. The monoisotopic (exact) mass is 538 g/mol. The van der Waals surface area contributed by atoms with E-state index in [9.17, 15) is 22.4 Å². The van der Waals surface area contributed by atoms with E-state index in [0.717, 1.165) is 35.6 Å². The molecule has 4 N–H and O–H groups in total. The molecule has 0 spiro atoms. The molecule has 0 aliphatic heterocycles. The number of aryl methyl sites for hydroxylation is 1. The molecule has 0 radical (unpaired) electrons. The Morgan fingerprint density at radius 1 is 1.05 bits per heavy atom. The maximum absolute atomic E-state index is 13.5. The van der Waals surface area contributed by atoms with Crippen LogP contribution < -0.4 is 15.2 Å². The Labute approximate surface area is 220 Å². The molecule has 5 nitrogen and oxygen atoms in total. The summed E-state index contributed by atoms with van der Waals surface area (Å²) in [7, 11) is 1.75. The minimum absolute atomic E-state index is 0.273. The highest BCUT2D eigenvalue weighted by Crippen LogP contribution is 2.31. The van der Waals surface area contributed by atoms with E-state index in [1.807, 2.05) is 39.0 Å². The summed E-state index contributed by atoms with van der Waals surface area (Å²) < 4.78 is 54.6. The van der Waals surface area contributed by atoms with E-state index >= 15 is 0 Å². The van der Waals surface area contributed by atoms with E-state index in [4.69, 9.17) is 5.14 Å². The van der Waals surface area contributed by atoms with Gasteiger partial charge in [-0.3, -0.25) is 5.14 Å². The normalized spacial score (nSPS) is 11.5. The largest absolute Gasteiger partial charge is 0.433 e. The zero-order valence-electron chi connectivity index (χ0n) is 21.6. The van der Waals surface area contributed by atoms with Gasteiger partial charge in [0.1, 0.15) is 17.8 Å². The van der Waals surface area contributed by atoms with Crippen LogP contribution in [0.1, 0.15) is 54.6 Å². The zero-order chi connectivity index (χ0) is 28.0. The Morgan fingerprint density at radius 3 is 2.27 bits per heavy atom. The van der Waals surface area contributed by atoms with Crippen LogP contribution in [-0.2, 0) is 24.1 Å². The van der Waals surface area contributed by atoms with Crippen molar-refractivity contribution < 1.29 is 22.4 Å². The molecule has 1 unspecified atom stereocenters. The number of halogens is 4. The maximum atomic E-state index is 13.5. The number of hydrogen-bond acceptors (Lipinski definition) is 6. The van der Waals surface area contributed by atoms with E-state index in [1.165, 1.54) is 12.1 Å². The first-order valence-electron chi connectivity index (χ1n) is 11.7. The molecule has 0 bridgehead atoms. The quantitative estimate of drug-likeness (QED) is 0.171. The number of nitrogens with one attached hydrogen (secondary N) is 2. The van der Waals surface area contributed by atoms with E-state index < -0.39 is 11.9 Å². The van der Waals surface area contributed by atoms with Gasteiger partial charge >= 0.3 is 6.18 Å². The second-order valence-electron chi connectivity index (χ2n) is 7.82. The lowest BCUT2D eigenvalue weighted by Gasteiger charge is -2.13. The predicted molar refractivity (Wildman–Crippen MR) is 143 cm³/mol. The van der Waals surface area contributed by atoms with E-state index in [2.05, 4.69) is 15.0 Å². The molecular weight excluding hydrogens is 504 g/mol. The molecule has 202 valence electrons. The number of rotatable bonds is 8. The molecule has 10 heteroatoms. The van der Waals surface area contributed by atoms with E-state index in [0.29, 0.717) is 35.5 Å². The molecule has 0 amide bonds. The molecule has 3 aromatic rings. The van der Waals surface area contributed by atoms with E-state index in [-0.39, 0.29) is 11.7 Å². The van der Waals surface area contributed by atoms with Crippen molar-refractivity contribution >= 4 is 18.4 Å². The van der Waals surface area contributed by atoms with Crippen molar-refractivity contribution in [3.63, 3.8) is 0 Å². The van der Waals surface area contributed by atoms with Crippen LogP contribution in [-0.4, -0.2) is 18.3 Å². The molecule has 0 fully saturated rings. The van der Waals surface area contributed by atoms with Crippen molar-refractivity contribution in [2.45, 2.75) is 52.9 Å². The second-order valence-corrected chi connectivity index (χ2v) is 8.34. The first kappa shape index (κ1) is 32.2. The van der Waals surface area contributed by atoms with Crippen LogP contribution in [0.4, 0.5) is 17.6 Å². The van der Waals surface area contributed by atoms with Gasteiger partial charge in [0, 0.05) is 42.3 Å². The number of aromatic nitrogens is 1.